The Labute approximate surface area is 163 Å². The fourth-order valence-corrected chi connectivity index (χ4v) is 4.00. The molecule has 1 aromatic carbocycles. The number of aromatic nitrogens is 1. The molecular formula is C17H20Cl2N2O4S. The SMILES string of the molecule is COCN(c1cc(Cl)cnc1C)S(=O)(=O)c1ccc(Cl)c(OC(C)C)c1. The molecule has 0 radical (unpaired) electrons. The second-order valence-electron chi connectivity index (χ2n) is 5.79. The molecule has 26 heavy (non-hydrogen) atoms. The molecule has 1 aromatic heterocycles. The number of benzene rings is 1. The summed E-state index contributed by atoms with van der Waals surface area (Å²) in [6, 6.07) is 5.83. The van der Waals surface area contributed by atoms with E-state index in [1.807, 2.05) is 13.8 Å². The highest BCUT2D eigenvalue weighted by Gasteiger charge is 2.28. The molecular weight excluding hydrogens is 399 g/mol. The molecule has 2 rings (SSSR count). The van der Waals surface area contributed by atoms with Crippen LogP contribution in [0.3, 0.4) is 0 Å². The third-order valence-corrected chi connectivity index (χ3v) is 5.65. The number of aryl methyl sites for hydroxylation is 1. The highest BCUT2D eigenvalue weighted by atomic mass is 35.5. The lowest BCUT2D eigenvalue weighted by atomic mass is 10.3. The lowest BCUT2D eigenvalue weighted by molar-refractivity contribution is 0.209. The van der Waals surface area contributed by atoms with Crippen molar-refractivity contribution in [2.45, 2.75) is 31.8 Å². The Balaban J connectivity index is 2.56. The summed E-state index contributed by atoms with van der Waals surface area (Å²) < 4.78 is 38.2. The van der Waals surface area contributed by atoms with E-state index in [0.29, 0.717) is 27.2 Å². The van der Waals surface area contributed by atoms with Crippen LogP contribution in [0.25, 0.3) is 0 Å². The highest BCUT2D eigenvalue weighted by Crippen LogP contribution is 2.32. The molecule has 0 amide bonds. The Hall–Kier alpha value is -1.54. The third-order valence-electron chi connectivity index (χ3n) is 3.40. The van der Waals surface area contributed by atoms with Crippen LogP contribution in [0.2, 0.25) is 10.0 Å². The predicted molar refractivity (Wildman–Crippen MR) is 103 cm³/mol. The van der Waals surface area contributed by atoms with E-state index in [0.717, 1.165) is 4.31 Å². The summed E-state index contributed by atoms with van der Waals surface area (Å²) in [4.78, 5) is 4.14. The molecule has 2 aromatic rings. The van der Waals surface area contributed by atoms with Crippen molar-refractivity contribution in [2.75, 3.05) is 18.1 Å². The molecule has 1 heterocycles. The van der Waals surface area contributed by atoms with Gasteiger partial charge in [0.15, 0.2) is 0 Å². The van der Waals surface area contributed by atoms with Gasteiger partial charge in [-0.3, -0.25) is 4.98 Å². The van der Waals surface area contributed by atoms with Gasteiger partial charge in [-0.15, -0.1) is 0 Å². The summed E-state index contributed by atoms with van der Waals surface area (Å²) in [6.07, 6.45) is 1.30. The monoisotopic (exact) mass is 418 g/mol. The van der Waals surface area contributed by atoms with Gasteiger partial charge < -0.3 is 9.47 Å². The Bertz CT molecular complexity index is 888. The van der Waals surface area contributed by atoms with Gasteiger partial charge in [0.05, 0.1) is 32.4 Å². The first-order chi connectivity index (χ1) is 12.2. The molecule has 0 spiro atoms. The van der Waals surface area contributed by atoms with E-state index in [1.165, 1.54) is 37.6 Å². The second-order valence-corrected chi connectivity index (χ2v) is 8.49. The van der Waals surface area contributed by atoms with Gasteiger partial charge in [0, 0.05) is 19.4 Å². The summed E-state index contributed by atoms with van der Waals surface area (Å²) in [5.41, 5.74) is 0.836. The number of ether oxygens (including phenoxy) is 2. The molecule has 0 aliphatic rings. The lowest BCUT2D eigenvalue weighted by Gasteiger charge is -2.25. The first-order valence-electron chi connectivity index (χ1n) is 7.77. The van der Waals surface area contributed by atoms with Gasteiger partial charge in [0.25, 0.3) is 10.0 Å². The smallest absolute Gasteiger partial charge is 0.266 e. The van der Waals surface area contributed by atoms with Gasteiger partial charge >= 0.3 is 0 Å². The average Bonchev–Trinajstić information content (AvgIpc) is 2.56. The van der Waals surface area contributed by atoms with E-state index < -0.39 is 10.0 Å². The number of sulfonamides is 1. The van der Waals surface area contributed by atoms with Crippen molar-refractivity contribution in [2.24, 2.45) is 0 Å². The molecule has 0 N–H and O–H groups in total. The largest absolute Gasteiger partial charge is 0.489 e. The van der Waals surface area contributed by atoms with Crippen LogP contribution in [0.4, 0.5) is 5.69 Å². The van der Waals surface area contributed by atoms with Gasteiger partial charge in [0.2, 0.25) is 0 Å². The van der Waals surface area contributed by atoms with Crippen LogP contribution in [0.1, 0.15) is 19.5 Å². The van der Waals surface area contributed by atoms with Crippen LogP contribution < -0.4 is 9.04 Å². The molecule has 0 saturated heterocycles. The van der Waals surface area contributed by atoms with Crippen molar-refractivity contribution in [1.82, 2.24) is 4.98 Å². The summed E-state index contributed by atoms with van der Waals surface area (Å²) in [5, 5.41) is 0.651. The molecule has 0 unspecified atom stereocenters. The minimum absolute atomic E-state index is 0.0222. The number of pyridine rings is 1. The van der Waals surface area contributed by atoms with Crippen LogP contribution in [-0.2, 0) is 14.8 Å². The maximum Gasteiger partial charge on any atom is 0.266 e. The van der Waals surface area contributed by atoms with Gasteiger partial charge in [-0.25, -0.2) is 12.7 Å². The normalized spacial score (nSPS) is 11.7. The number of rotatable bonds is 7. The van der Waals surface area contributed by atoms with E-state index in [1.54, 1.807) is 6.92 Å². The molecule has 0 atom stereocenters. The number of methoxy groups -OCH3 is 1. The van der Waals surface area contributed by atoms with Crippen LogP contribution in [-0.4, -0.2) is 33.3 Å². The maximum atomic E-state index is 13.2. The van der Waals surface area contributed by atoms with Crippen LogP contribution in [0.5, 0.6) is 5.75 Å². The number of hydrogen-bond acceptors (Lipinski definition) is 5. The Kier molecular flexibility index (Phi) is 6.74. The van der Waals surface area contributed by atoms with Gasteiger partial charge in [0.1, 0.15) is 12.5 Å². The number of halogens is 2. The zero-order chi connectivity index (χ0) is 19.5. The molecule has 0 aliphatic heterocycles. The van der Waals surface area contributed by atoms with Gasteiger partial charge in [-0.1, -0.05) is 23.2 Å². The summed E-state index contributed by atoms with van der Waals surface area (Å²) in [7, 11) is -2.55. The Morgan fingerprint density at radius 2 is 1.92 bits per heavy atom. The van der Waals surface area contributed by atoms with Crippen LogP contribution in [0, 0.1) is 6.92 Å². The highest BCUT2D eigenvalue weighted by molar-refractivity contribution is 7.92. The fourth-order valence-electron chi connectivity index (χ4n) is 2.25. The fraction of sp³-hybridized carbons (Fsp3) is 0.353. The van der Waals surface area contributed by atoms with Crippen molar-refractivity contribution in [3.05, 3.63) is 46.2 Å². The third kappa shape index (κ3) is 4.59. The molecule has 0 aliphatic carbocycles. The van der Waals surface area contributed by atoms with Crippen molar-refractivity contribution in [3.63, 3.8) is 0 Å². The zero-order valence-electron chi connectivity index (χ0n) is 14.9. The first-order valence-corrected chi connectivity index (χ1v) is 9.96. The molecule has 142 valence electrons. The standard InChI is InChI=1S/C17H20Cl2N2O4S/c1-11(2)25-17-8-14(5-6-15(17)19)26(22,23)21(10-24-4)16-7-13(18)9-20-12(16)3/h5-9,11H,10H2,1-4H3. The molecule has 0 fully saturated rings. The summed E-state index contributed by atoms with van der Waals surface area (Å²) in [5.74, 6) is 0.293. The first kappa shape index (κ1) is 20.8. The van der Waals surface area contributed by atoms with E-state index >= 15 is 0 Å². The van der Waals surface area contributed by atoms with E-state index in [4.69, 9.17) is 32.7 Å². The van der Waals surface area contributed by atoms with Crippen LogP contribution in [0.15, 0.2) is 35.4 Å². The average molecular weight is 419 g/mol. The maximum absolute atomic E-state index is 13.2. The summed E-state index contributed by atoms with van der Waals surface area (Å²) in [6.45, 7) is 5.15. The van der Waals surface area contributed by atoms with E-state index in [9.17, 15) is 8.42 Å². The Morgan fingerprint density at radius 1 is 1.23 bits per heavy atom. The minimum Gasteiger partial charge on any atom is -0.489 e. The number of nitrogens with zero attached hydrogens (tertiary/aromatic N) is 2. The zero-order valence-corrected chi connectivity index (χ0v) is 17.2. The second kappa shape index (κ2) is 8.43. The molecule has 0 saturated carbocycles. The molecule has 9 heteroatoms. The van der Waals surface area contributed by atoms with Crippen molar-refractivity contribution in [3.8, 4) is 5.75 Å². The van der Waals surface area contributed by atoms with Crippen LogP contribution >= 0.6 is 23.2 Å². The summed E-state index contributed by atoms with van der Waals surface area (Å²) >= 11 is 12.1. The minimum atomic E-state index is -3.96. The number of hydrogen-bond donors (Lipinski definition) is 0. The van der Waals surface area contributed by atoms with E-state index in [-0.39, 0.29) is 17.7 Å². The van der Waals surface area contributed by atoms with Crippen molar-refractivity contribution in [1.29, 1.82) is 0 Å². The van der Waals surface area contributed by atoms with Gasteiger partial charge in [-0.2, -0.15) is 0 Å². The molecule has 6 nitrogen and oxygen atoms in total. The van der Waals surface area contributed by atoms with E-state index in [2.05, 4.69) is 4.98 Å². The predicted octanol–water partition coefficient (Wildman–Crippen LogP) is 4.28. The number of anilines is 1. The lowest BCUT2D eigenvalue weighted by Crippen LogP contribution is -2.33. The molecule has 0 bridgehead atoms. The van der Waals surface area contributed by atoms with Crippen molar-refractivity contribution >= 4 is 38.9 Å². The quantitative estimate of drug-likeness (QED) is 0.627. The van der Waals surface area contributed by atoms with Crippen molar-refractivity contribution < 1.29 is 17.9 Å². The van der Waals surface area contributed by atoms with Gasteiger partial charge in [-0.05, 0) is 39.0 Å². The topological polar surface area (TPSA) is 68.7 Å². The Morgan fingerprint density at radius 3 is 2.54 bits per heavy atom.